The lowest BCUT2D eigenvalue weighted by Gasteiger charge is -2.10. The summed E-state index contributed by atoms with van der Waals surface area (Å²) in [7, 11) is -4.37. The van der Waals surface area contributed by atoms with Gasteiger partial charge >= 0.3 is 0 Å². The van der Waals surface area contributed by atoms with Crippen molar-refractivity contribution >= 4 is 38.3 Å². The van der Waals surface area contributed by atoms with Crippen molar-refractivity contribution in [1.29, 1.82) is 0 Å². The molecule has 0 unspecified atom stereocenters. The molecule has 0 bridgehead atoms. The fourth-order valence-corrected chi connectivity index (χ4v) is 2.59. The summed E-state index contributed by atoms with van der Waals surface area (Å²) in [6, 6.07) is 1.75. The average molecular weight is 447 g/mol. The lowest BCUT2D eigenvalue weighted by atomic mass is 10.3. The third-order valence-electron chi connectivity index (χ3n) is 2.26. The fourth-order valence-electron chi connectivity index (χ4n) is 1.28. The number of allylic oxidation sites excluding steroid dienone is 4. The van der Waals surface area contributed by atoms with Gasteiger partial charge in [0.05, 0.1) is 20.0 Å². The molecule has 0 aliphatic carbocycles. The zero-order chi connectivity index (χ0) is 17.1. The topological polar surface area (TPSA) is 46.2 Å². The van der Waals surface area contributed by atoms with Gasteiger partial charge in [-0.3, -0.25) is 4.72 Å². The summed E-state index contributed by atoms with van der Waals surface area (Å²) >= 11 is 1.37. The van der Waals surface area contributed by atoms with E-state index in [-0.39, 0.29) is 0 Å². The van der Waals surface area contributed by atoms with Crippen LogP contribution in [0.5, 0.6) is 0 Å². The highest BCUT2D eigenvalue weighted by Crippen LogP contribution is 2.25. The van der Waals surface area contributed by atoms with E-state index in [1.807, 2.05) is 4.72 Å². The fraction of sp³-hybridized carbons (Fsp3) is 0.0769. The molecule has 1 aromatic rings. The second-order valence-electron chi connectivity index (χ2n) is 4.06. The Kier molecular flexibility index (Phi) is 6.17. The van der Waals surface area contributed by atoms with Crippen LogP contribution in [0.15, 0.2) is 47.4 Å². The first-order valence-electron chi connectivity index (χ1n) is 5.61. The third kappa shape index (κ3) is 4.83. The molecule has 1 rings (SSSR count). The minimum absolute atomic E-state index is 0.402. The monoisotopic (exact) mass is 447 g/mol. The average Bonchev–Trinajstić information content (AvgIpc) is 2.38. The van der Waals surface area contributed by atoms with Crippen LogP contribution in [0, 0.1) is 15.2 Å². The lowest BCUT2D eigenvalue weighted by Crippen LogP contribution is -2.15. The van der Waals surface area contributed by atoms with Crippen molar-refractivity contribution in [3.8, 4) is 0 Å². The van der Waals surface area contributed by atoms with E-state index in [0.717, 1.165) is 19.1 Å². The Bertz CT molecular complexity index is 768. The number of hydrogen-bond acceptors (Lipinski definition) is 2. The second kappa shape index (κ2) is 7.27. The minimum Gasteiger partial charge on any atom is -0.277 e. The Labute approximate surface area is 138 Å². The Balaban J connectivity index is 3.09. The molecule has 0 spiro atoms. The van der Waals surface area contributed by atoms with Crippen LogP contribution in [0.1, 0.15) is 6.92 Å². The second-order valence-corrected chi connectivity index (χ2v) is 6.87. The van der Waals surface area contributed by atoms with E-state index in [1.165, 1.54) is 22.6 Å². The number of hydrogen-bond donors (Lipinski definition) is 1. The van der Waals surface area contributed by atoms with Crippen molar-refractivity contribution in [1.82, 2.24) is 0 Å². The molecule has 0 saturated carbocycles. The first kappa shape index (κ1) is 18.7. The molecule has 0 fully saturated rings. The van der Waals surface area contributed by atoms with E-state index < -0.39 is 47.5 Å². The van der Waals surface area contributed by atoms with Gasteiger partial charge in [0.1, 0.15) is 11.6 Å². The molecule has 22 heavy (non-hydrogen) atoms. The van der Waals surface area contributed by atoms with Crippen molar-refractivity contribution < 1.29 is 26.0 Å². The highest BCUT2D eigenvalue weighted by molar-refractivity contribution is 14.1. The summed E-state index contributed by atoms with van der Waals surface area (Å²) in [5.74, 6) is -4.01. The molecule has 1 N–H and O–H groups in total. The molecule has 0 aromatic heterocycles. The van der Waals surface area contributed by atoms with Crippen LogP contribution in [0.3, 0.4) is 0 Å². The van der Waals surface area contributed by atoms with Gasteiger partial charge in [-0.25, -0.2) is 26.0 Å². The van der Waals surface area contributed by atoms with Crippen molar-refractivity contribution in [2.75, 3.05) is 4.72 Å². The highest BCUT2D eigenvalue weighted by Gasteiger charge is 2.19. The smallest absolute Gasteiger partial charge is 0.261 e. The molecule has 0 atom stereocenters. The zero-order valence-electron chi connectivity index (χ0n) is 11.1. The Morgan fingerprint density at radius 2 is 1.86 bits per heavy atom. The van der Waals surface area contributed by atoms with Crippen LogP contribution in [-0.2, 0) is 10.0 Å². The summed E-state index contributed by atoms with van der Waals surface area (Å²) in [6.07, 6.45) is 0.930. The van der Waals surface area contributed by atoms with Gasteiger partial charge in [-0.05, 0) is 47.7 Å². The Morgan fingerprint density at radius 3 is 2.41 bits per heavy atom. The summed E-state index contributed by atoms with van der Waals surface area (Å²) in [6.45, 7) is 4.09. The molecule has 0 saturated heterocycles. The first-order valence-corrected chi connectivity index (χ1v) is 8.17. The number of nitrogens with one attached hydrogen (secondary N) is 1. The number of anilines is 1. The molecule has 0 aliphatic heterocycles. The molecule has 1 aromatic carbocycles. The maximum atomic E-state index is 13.7. The summed E-state index contributed by atoms with van der Waals surface area (Å²) in [5, 5.41) is 0. The first-order chi connectivity index (χ1) is 10.0. The van der Waals surface area contributed by atoms with Crippen LogP contribution < -0.4 is 4.72 Å². The van der Waals surface area contributed by atoms with Gasteiger partial charge < -0.3 is 0 Å². The third-order valence-corrected chi connectivity index (χ3v) is 4.55. The Morgan fingerprint density at radius 1 is 1.27 bits per heavy atom. The number of sulfonamides is 1. The van der Waals surface area contributed by atoms with Gasteiger partial charge in [0.25, 0.3) is 10.0 Å². The van der Waals surface area contributed by atoms with Crippen molar-refractivity contribution in [2.45, 2.75) is 6.92 Å². The van der Waals surface area contributed by atoms with Gasteiger partial charge in [-0.1, -0.05) is 6.58 Å². The van der Waals surface area contributed by atoms with Gasteiger partial charge in [0.2, 0.25) is 0 Å². The van der Waals surface area contributed by atoms with Crippen LogP contribution in [0.4, 0.5) is 23.2 Å². The van der Waals surface area contributed by atoms with Crippen molar-refractivity contribution in [3.63, 3.8) is 0 Å². The van der Waals surface area contributed by atoms with Crippen LogP contribution >= 0.6 is 22.6 Å². The van der Waals surface area contributed by atoms with E-state index >= 15 is 0 Å². The van der Waals surface area contributed by atoms with Crippen LogP contribution in [0.2, 0.25) is 0 Å². The Hall–Kier alpha value is -1.36. The van der Waals surface area contributed by atoms with E-state index in [1.54, 1.807) is 0 Å². The predicted octanol–water partition coefficient (Wildman–Crippen LogP) is 4.55. The minimum atomic E-state index is -4.37. The SMILES string of the molecule is C=C(/C=C(F)\C=C(/C)F)S(=O)(=O)Nc1ccc(F)c(I)c1F. The standard InChI is InChI=1S/C13H10F4INO2S/c1-7(14)5-9(15)6-8(2)22(20,21)19-11-4-3-10(16)13(18)12(11)17/h3-6,19H,2H2,1H3/b7-5+,9-6+. The number of rotatable bonds is 5. The molecule has 3 nitrogen and oxygen atoms in total. The molecule has 0 radical (unpaired) electrons. The molecular weight excluding hydrogens is 437 g/mol. The molecule has 120 valence electrons. The normalized spacial score (nSPS) is 13.2. The summed E-state index contributed by atoms with van der Waals surface area (Å²) < 4.78 is 77.7. The van der Waals surface area contributed by atoms with Gasteiger partial charge in [0.15, 0.2) is 5.82 Å². The quantitative estimate of drug-likeness (QED) is 0.312. The van der Waals surface area contributed by atoms with E-state index in [9.17, 15) is 26.0 Å². The van der Waals surface area contributed by atoms with Crippen LogP contribution in [0.25, 0.3) is 0 Å². The molecule has 0 aliphatic rings. The number of halogens is 5. The maximum absolute atomic E-state index is 13.7. The molecule has 9 heteroatoms. The van der Waals surface area contributed by atoms with Gasteiger partial charge in [-0.2, -0.15) is 0 Å². The van der Waals surface area contributed by atoms with Crippen LogP contribution in [-0.4, -0.2) is 8.42 Å². The molecule has 0 heterocycles. The molecular formula is C13H10F4INO2S. The summed E-state index contributed by atoms with van der Waals surface area (Å²) in [5.41, 5.74) is -0.516. The zero-order valence-corrected chi connectivity index (χ0v) is 14.1. The van der Waals surface area contributed by atoms with Crippen molar-refractivity contribution in [3.05, 3.63) is 62.6 Å². The highest BCUT2D eigenvalue weighted by atomic mass is 127. The van der Waals surface area contributed by atoms with Crippen molar-refractivity contribution in [2.24, 2.45) is 0 Å². The van der Waals surface area contributed by atoms with E-state index in [2.05, 4.69) is 6.58 Å². The van der Waals surface area contributed by atoms with E-state index in [0.29, 0.717) is 12.2 Å². The van der Waals surface area contributed by atoms with Gasteiger partial charge in [0, 0.05) is 6.08 Å². The largest absolute Gasteiger partial charge is 0.277 e. The predicted molar refractivity (Wildman–Crippen MR) is 84.8 cm³/mol. The van der Waals surface area contributed by atoms with E-state index in [4.69, 9.17) is 0 Å². The number of benzene rings is 1. The lowest BCUT2D eigenvalue weighted by molar-refractivity contribution is 0.572. The maximum Gasteiger partial charge on any atom is 0.261 e. The molecule has 0 amide bonds. The van der Waals surface area contributed by atoms with Gasteiger partial charge in [-0.15, -0.1) is 0 Å². The summed E-state index contributed by atoms with van der Waals surface area (Å²) in [4.78, 5) is -0.749.